The van der Waals surface area contributed by atoms with E-state index in [9.17, 15) is 4.79 Å². The molecule has 0 saturated heterocycles. The van der Waals surface area contributed by atoms with Crippen LogP contribution in [0, 0.1) is 0 Å². The molecule has 0 aliphatic carbocycles. The molecule has 108 valence electrons. The van der Waals surface area contributed by atoms with Crippen LogP contribution in [0.1, 0.15) is 16.1 Å². The highest BCUT2D eigenvalue weighted by Gasteiger charge is 2.08. The summed E-state index contributed by atoms with van der Waals surface area (Å²) in [5, 5.41) is 0.455. The van der Waals surface area contributed by atoms with Gasteiger partial charge in [-0.2, -0.15) is 0 Å². The lowest BCUT2D eigenvalue weighted by atomic mass is 10.2. The Morgan fingerprint density at radius 2 is 2.00 bits per heavy atom. The molecule has 1 amide bonds. The van der Waals surface area contributed by atoms with Crippen LogP contribution in [0.25, 0.3) is 0 Å². The van der Waals surface area contributed by atoms with Crippen LogP contribution in [-0.2, 0) is 5.75 Å². The Bertz CT molecular complexity index is 637. The lowest BCUT2D eigenvalue weighted by Crippen LogP contribution is -2.39. The van der Waals surface area contributed by atoms with E-state index in [1.54, 1.807) is 6.07 Å². The van der Waals surface area contributed by atoms with Gasteiger partial charge in [-0.15, -0.1) is 0 Å². The molecule has 2 rings (SSSR count). The van der Waals surface area contributed by atoms with Gasteiger partial charge in [0.15, 0.2) is 4.32 Å². The van der Waals surface area contributed by atoms with Crippen molar-refractivity contribution in [1.82, 2.24) is 15.8 Å². The van der Waals surface area contributed by atoms with Crippen molar-refractivity contribution in [3.63, 3.8) is 0 Å². The molecule has 0 aliphatic heterocycles. The van der Waals surface area contributed by atoms with Crippen molar-refractivity contribution in [1.29, 1.82) is 0 Å². The van der Waals surface area contributed by atoms with Crippen LogP contribution in [0.3, 0.4) is 0 Å². The van der Waals surface area contributed by atoms with Gasteiger partial charge in [-0.1, -0.05) is 65.9 Å². The van der Waals surface area contributed by atoms with Crippen molar-refractivity contribution in [3.05, 3.63) is 64.9 Å². The third-order valence-electron chi connectivity index (χ3n) is 2.45. The largest absolute Gasteiger partial charge is 0.288 e. The number of pyridine rings is 1. The molecule has 1 aromatic heterocycles. The number of benzene rings is 1. The molecule has 0 saturated carbocycles. The van der Waals surface area contributed by atoms with Gasteiger partial charge in [0, 0.05) is 17.0 Å². The number of nitrogens with one attached hydrogen (secondary N) is 2. The highest BCUT2D eigenvalue weighted by atomic mass is 35.5. The first-order valence-corrected chi connectivity index (χ1v) is 7.81. The molecule has 21 heavy (non-hydrogen) atoms. The standard InChI is InChI=1S/C14H12ClN3OS2/c15-11-6-7-16-12(8-11)13(19)17-18-14(20)21-9-10-4-2-1-3-5-10/h1-8H,9H2,(H,17,19)(H,18,20). The number of rotatable bonds is 3. The first kappa shape index (κ1) is 15.8. The molecule has 0 atom stereocenters. The minimum absolute atomic E-state index is 0.228. The molecule has 7 heteroatoms. The molecule has 0 radical (unpaired) electrons. The van der Waals surface area contributed by atoms with Gasteiger partial charge in [0.2, 0.25) is 0 Å². The van der Waals surface area contributed by atoms with Gasteiger partial charge in [-0.05, 0) is 17.7 Å². The fourth-order valence-corrected chi connectivity index (χ4v) is 2.46. The van der Waals surface area contributed by atoms with E-state index < -0.39 is 0 Å². The molecule has 0 aliphatic rings. The van der Waals surface area contributed by atoms with Crippen LogP contribution in [0.15, 0.2) is 48.7 Å². The summed E-state index contributed by atoms with van der Waals surface area (Å²) in [6.45, 7) is 0. The number of carbonyl (C=O) groups excluding carboxylic acids is 1. The highest BCUT2D eigenvalue weighted by molar-refractivity contribution is 8.22. The summed E-state index contributed by atoms with van der Waals surface area (Å²) in [7, 11) is 0. The van der Waals surface area contributed by atoms with E-state index in [4.69, 9.17) is 23.8 Å². The van der Waals surface area contributed by atoms with E-state index in [-0.39, 0.29) is 11.6 Å². The number of hydrogen-bond acceptors (Lipinski definition) is 4. The predicted octanol–water partition coefficient (Wildman–Crippen LogP) is 3.19. The van der Waals surface area contributed by atoms with Gasteiger partial charge >= 0.3 is 0 Å². The molecule has 2 N–H and O–H groups in total. The van der Waals surface area contributed by atoms with Crippen molar-refractivity contribution in [2.24, 2.45) is 0 Å². The van der Waals surface area contributed by atoms with Crippen LogP contribution in [0.2, 0.25) is 5.02 Å². The Balaban J connectivity index is 1.77. The fourth-order valence-electron chi connectivity index (χ4n) is 1.46. The lowest BCUT2D eigenvalue weighted by molar-refractivity contribution is 0.0939. The molecule has 0 spiro atoms. The molecule has 0 bridgehead atoms. The van der Waals surface area contributed by atoms with Gasteiger partial charge < -0.3 is 0 Å². The number of carbonyl (C=O) groups is 1. The van der Waals surface area contributed by atoms with E-state index >= 15 is 0 Å². The molecular formula is C14H12ClN3OS2. The monoisotopic (exact) mass is 337 g/mol. The molecule has 4 nitrogen and oxygen atoms in total. The zero-order chi connectivity index (χ0) is 15.1. The Morgan fingerprint density at radius 3 is 2.71 bits per heavy atom. The number of amides is 1. The molecule has 1 aromatic carbocycles. The fraction of sp³-hybridized carbons (Fsp3) is 0.0714. The normalized spacial score (nSPS) is 9.95. The minimum Gasteiger partial charge on any atom is -0.283 e. The van der Waals surface area contributed by atoms with Crippen LogP contribution in [0.5, 0.6) is 0 Å². The number of thiocarbonyl (C=S) groups is 1. The second-order valence-electron chi connectivity index (χ2n) is 4.00. The number of halogens is 1. The molecular weight excluding hydrogens is 326 g/mol. The Labute approximate surface area is 137 Å². The Morgan fingerprint density at radius 1 is 1.24 bits per heavy atom. The van der Waals surface area contributed by atoms with Gasteiger partial charge in [0.05, 0.1) is 0 Å². The summed E-state index contributed by atoms with van der Waals surface area (Å²) in [5.41, 5.74) is 6.56. The van der Waals surface area contributed by atoms with Crippen LogP contribution in [-0.4, -0.2) is 15.2 Å². The van der Waals surface area contributed by atoms with Gasteiger partial charge in [-0.25, -0.2) is 0 Å². The van der Waals surface area contributed by atoms with Gasteiger partial charge in [0.25, 0.3) is 5.91 Å². The molecule has 0 unspecified atom stereocenters. The second-order valence-corrected chi connectivity index (χ2v) is 6.09. The van der Waals surface area contributed by atoms with E-state index in [0.29, 0.717) is 9.34 Å². The van der Waals surface area contributed by atoms with Crippen molar-refractivity contribution in [2.75, 3.05) is 0 Å². The summed E-state index contributed by atoms with van der Waals surface area (Å²) < 4.78 is 0.481. The first-order chi connectivity index (χ1) is 10.1. The van der Waals surface area contributed by atoms with Crippen LogP contribution < -0.4 is 10.9 Å². The highest BCUT2D eigenvalue weighted by Crippen LogP contribution is 2.12. The lowest BCUT2D eigenvalue weighted by Gasteiger charge is -2.09. The number of nitrogens with zero attached hydrogens (tertiary/aromatic N) is 1. The third kappa shape index (κ3) is 5.34. The third-order valence-corrected chi connectivity index (χ3v) is 3.98. The maximum absolute atomic E-state index is 11.8. The van der Waals surface area contributed by atoms with E-state index in [1.807, 2.05) is 30.3 Å². The van der Waals surface area contributed by atoms with Crippen molar-refractivity contribution in [3.8, 4) is 0 Å². The molecule has 2 aromatic rings. The SMILES string of the molecule is O=C(NNC(=S)SCc1ccccc1)c1cc(Cl)ccn1. The van der Waals surface area contributed by atoms with E-state index in [2.05, 4.69) is 15.8 Å². The predicted molar refractivity (Wildman–Crippen MR) is 90.2 cm³/mol. The first-order valence-electron chi connectivity index (χ1n) is 6.04. The van der Waals surface area contributed by atoms with Gasteiger partial charge in [0.1, 0.15) is 5.69 Å². The summed E-state index contributed by atoms with van der Waals surface area (Å²) >= 11 is 12.4. The molecule has 0 fully saturated rings. The topological polar surface area (TPSA) is 54.0 Å². The van der Waals surface area contributed by atoms with E-state index in [1.165, 1.54) is 24.0 Å². The maximum Gasteiger partial charge on any atom is 0.288 e. The number of hydrazine groups is 1. The minimum atomic E-state index is -0.389. The van der Waals surface area contributed by atoms with Crippen LogP contribution >= 0.6 is 35.6 Å². The van der Waals surface area contributed by atoms with Crippen molar-refractivity contribution in [2.45, 2.75) is 5.75 Å². The zero-order valence-electron chi connectivity index (χ0n) is 10.9. The van der Waals surface area contributed by atoms with E-state index in [0.717, 1.165) is 11.3 Å². The quantitative estimate of drug-likeness (QED) is 0.665. The van der Waals surface area contributed by atoms with Crippen molar-refractivity contribution >= 4 is 45.8 Å². The Hall–Kier alpha value is -1.63. The zero-order valence-corrected chi connectivity index (χ0v) is 13.3. The number of aromatic nitrogens is 1. The Kier molecular flexibility index (Phi) is 5.98. The van der Waals surface area contributed by atoms with Crippen molar-refractivity contribution < 1.29 is 4.79 Å². The second kappa shape index (κ2) is 7.97. The maximum atomic E-state index is 11.8. The smallest absolute Gasteiger partial charge is 0.283 e. The number of hydrogen-bond donors (Lipinski definition) is 2. The summed E-state index contributed by atoms with van der Waals surface area (Å²) in [6, 6.07) is 13.0. The summed E-state index contributed by atoms with van der Waals surface area (Å²) in [6.07, 6.45) is 1.47. The number of thioether (sulfide) groups is 1. The average Bonchev–Trinajstić information content (AvgIpc) is 2.51. The summed E-state index contributed by atoms with van der Waals surface area (Å²) in [4.78, 5) is 15.7. The average molecular weight is 338 g/mol. The van der Waals surface area contributed by atoms with Gasteiger partial charge in [-0.3, -0.25) is 20.6 Å². The molecule has 1 heterocycles. The summed E-state index contributed by atoms with van der Waals surface area (Å²) in [5.74, 6) is 0.345. The van der Waals surface area contributed by atoms with Crippen LogP contribution in [0.4, 0.5) is 0 Å².